The van der Waals surface area contributed by atoms with Crippen molar-refractivity contribution >= 4 is 29.6 Å². The molecule has 0 saturated heterocycles. The second-order valence-corrected chi connectivity index (χ2v) is 21.2. The summed E-state index contributed by atoms with van der Waals surface area (Å²) in [4.78, 5) is 72.4. The molecule has 77 heavy (non-hydrogen) atoms. The zero-order valence-electron chi connectivity index (χ0n) is 47.6. The first-order chi connectivity index (χ1) is 37.1. The molecule has 2 aliphatic carbocycles. The highest BCUT2D eigenvalue weighted by molar-refractivity contribution is 5.98. The van der Waals surface area contributed by atoms with Crippen molar-refractivity contribution in [2.45, 2.75) is 109 Å². The Bertz CT molecular complexity index is 2340. The highest BCUT2D eigenvalue weighted by atomic mass is 16.5. The number of carbonyl (C=O) groups is 5. The van der Waals surface area contributed by atoms with Gasteiger partial charge in [0.2, 0.25) is 11.8 Å². The maximum atomic E-state index is 14.5. The smallest absolute Gasteiger partial charge is 0.329 e. The molecular formula is C58H90N8O11. The Morgan fingerprint density at radius 2 is 1.43 bits per heavy atom. The first-order valence-electron chi connectivity index (χ1n) is 27.9. The molecule has 2 aromatic carbocycles. The van der Waals surface area contributed by atoms with Crippen LogP contribution in [0.1, 0.15) is 130 Å². The van der Waals surface area contributed by atoms with Crippen LogP contribution in [0, 0.1) is 17.8 Å². The quantitative estimate of drug-likeness (QED) is 0.0454. The second-order valence-electron chi connectivity index (χ2n) is 21.2. The minimum absolute atomic E-state index is 0.0521. The van der Waals surface area contributed by atoms with Crippen molar-refractivity contribution in [2.24, 2.45) is 17.8 Å². The Labute approximate surface area is 457 Å². The van der Waals surface area contributed by atoms with Gasteiger partial charge < -0.3 is 59.4 Å². The summed E-state index contributed by atoms with van der Waals surface area (Å²) in [7, 11) is 10.6. The van der Waals surface area contributed by atoms with Gasteiger partial charge in [0, 0.05) is 65.3 Å². The Balaban J connectivity index is 1.11. The summed E-state index contributed by atoms with van der Waals surface area (Å²) in [5, 5.41) is 24.7. The number of aromatic nitrogens is 2. The van der Waals surface area contributed by atoms with E-state index in [0.717, 1.165) is 76.6 Å². The normalized spacial score (nSPS) is 18.0. The van der Waals surface area contributed by atoms with Crippen LogP contribution in [-0.2, 0) is 28.6 Å². The van der Waals surface area contributed by atoms with Crippen molar-refractivity contribution < 1.29 is 52.8 Å². The van der Waals surface area contributed by atoms with Gasteiger partial charge in [0.1, 0.15) is 17.0 Å². The number of benzene rings is 2. The molecule has 1 heterocycles. The van der Waals surface area contributed by atoms with Gasteiger partial charge in [-0.3, -0.25) is 19.2 Å². The van der Waals surface area contributed by atoms with Crippen molar-refractivity contribution in [3.8, 4) is 28.4 Å². The molecule has 4 N–H and O–H groups in total. The highest BCUT2D eigenvalue weighted by Crippen LogP contribution is 2.49. The first kappa shape index (κ1) is 62.2. The van der Waals surface area contributed by atoms with Crippen LogP contribution in [0.4, 0.5) is 0 Å². The Kier molecular flexibility index (Phi) is 25.6. The van der Waals surface area contributed by atoms with E-state index in [4.69, 9.17) is 28.8 Å². The summed E-state index contributed by atoms with van der Waals surface area (Å²) in [6, 6.07) is 12.6. The molecule has 3 aromatic rings. The van der Waals surface area contributed by atoms with Crippen molar-refractivity contribution in [1.29, 1.82) is 0 Å². The lowest BCUT2D eigenvalue weighted by atomic mass is 9.59. The highest BCUT2D eigenvalue weighted by Gasteiger charge is 2.53. The third-order valence-corrected chi connectivity index (χ3v) is 15.2. The van der Waals surface area contributed by atoms with Crippen LogP contribution in [0.3, 0.4) is 0 Å². The van der Waals surface area contributed by atoms with E-state index in [0.29, 0.717) is 118 Å². The molecule has 1 aromatic heterocycles. The zero-order valence-corrected chi connectivity index (χ0v) is 47.6. The van der Waals surface area contributed by atoms with E-state index in [-0.39, 0.29) is 48.1 Å². The summed E-state index contributed by atoms with van der Waals surface area (Å²) in [6.45, 7) is 13.5. The lowest BCUT2D eigenvalue weighted by Gasteiger charge is -2.49. The van der Waals surface area contributed by atoms with Crippen LogP contribution < -0.4 is 25.4 Å². The molecule has 4 amide bonds. The average Bonchev–Trinajstić information content (AvgIpc) is 3.88. The maximum absolute atomic E-state index is 14.5. The largest absolute Gasteiger partial charge is 0.496 e. The lowest BCUT2D eigenvalue weighted by Crippen LogP contribution is -2.62. The summed E-state index contributed by atoms with van der Waals surface area (Å²) in [5.74, 6) is -0.330. The van der Waals surface area contributed by atoms with Crippen LogP contribution >= 0.6 is 0 Å². The molecule has 0 aliphatic heterocycles. The molecule has 4 atom stereocenters. The minimum atomic E-state index is -1.40. The Morgan fingerprint density at radius 1 is 0.792 bits per heavy atom. The number of aliphatic carboxylic acids is 1. The first-order valence-corrected chi connectivity index (χ1v) is 27.9. The molecule has 428 valence electrons. The third kappa shape index (κ3) is 18.0. The molecule has 19 nitrogen and oxygen atoms in total. The van der Waals surface area contributed by atoms with Gasteiger partial charge in [-0.1, -0.05) is 33.3 Å². The predicted octanol–water partition coefficient (Wildman–Crippen LogP) is 6.66. The van der Waals surface area contributed by atoms with E-state index >= 15 is 0 Å². The molecular weight excluding hydrogens is 985 g/mol. The fraction of sp³-hybridized carbons (Fsp3) is 0.655. The van der Waals surface area contributed by atoms with E-state index < -0.39 is 17.4 Å². The predicted molar refractivity (Wildman–Crippen MR) is 297 cm³/mol. The minimum Gasteiger partial charge on any atom is -0.496 e. The number of carboxylic acids is 1. The number of methoxy groups -OCH3 is 2. The van der Waals surface area contributed by atoms with Crippen molar-refractivity contribution in [3.05, 3.63) is 59.3 Å². The number of rotatable bonds is 35. The number of carbonyl (C=O) groups excluding carboxylic acids is 4. The number of nitrogens with zero attached hydrogens (tertiary/aromatic N) is 5. The van der Waals surface area contributed by atoms with Crippen molar-refractivity contribution in [2.75, 3.05) is 121 Å². The molecule has 2 saturated carbocycles. The van der Waals surface area contributed by atoms with E-state index in [1.807, 2.05) is 46.1 Å². The van der Waals surface area contributed by atoms with Gasteiger partial charge >= 0.3 is 5.97 Å². The summed E-state index contributed by atoms with van der Waals surface area (Å²) in [5.41, 5.74) is 1.68. The fourth-order valence-corrected chi connectivity index (χ4v) is 10.7. The monoisotopic (exact) mass is 1070 g/mol. The number of nitrogens with one attached hydrogen (secondary N) is 3. The Morgan fingerprint density at radius 3 is 2.04 bits per heavy atom. The van der Waals surface area contributed by atoms with Crippen LogP contribution in [0.5, 0.6) is 11.5 Å². The molecule has 0 radical (unpaired) electrons. The SMILES string of the molecule is CCC1CC2CCC(NC(=O)c3cc(-c4c(OC)cccc4OC)n(-c4ccc(C(=O)N(C)CCCN(C)CCCN(C)C(=O)CCC(=O)NCCCOCCOCCOCCCNC)cc4C(C)C)n3)(C(=O)O)C(C1)C2. The number of fused-ring (bicyclic) bond motifs is 2. The van der Waals surface area contributed by atoms with Gasteiger partial charge in [-0.25, -0.2) is 9.48 Å². The van der Waals surface area contributed by atoms with Gasteiger partial charge in [-0.05, 0) is 157 Å². The van der Waals surface area contributed by atoms with Gasteiger partial charge in [0.15, 0.2) is 5.69 Å². The lowest BCUT2D eigenvalue weighted by molar-refractivity contribution is -0.151. The molecule has 0 spiro atoms. The fourth-order valence-electron chi connectivity index (χ4n) is 10.7. The van der Waals surface area contributed by atoms with Crippen LogP contribution in [0.25, 0.3) is 16.9 Å². The molecule has 4 unspecified atom stereocenters. The number of ether oxygens (including phenoxy) is 5. The van der Waals surface area contributed by atoms with E-state index in [1.54, 1.807) is 67.1 Å². The van der Waals surface area contributed by atoms with Gasteiger partial charge in [0.25, 0.3) is 11.8 Å². The Hall–Kier alpha value is -5.60. The molecule has 2 bridgehead atoms. The average molecular weight is 1080 g/mol. The van der Waals surface area contributed by atoms with E-state index in [9.17, 15) is 29.1 Å². The van der Waals surface area contributed by atoms with Gasteiger partial charge in [-0.2, -0.15) is 5.10 Å². The van der Waals surface area contributed by atoms with E-state index in [2.05, 4.69) is 27.8 Å². The van der Waals surface area contributed by atoms with Crippen LogP contribution in [0.15, 0.2) is 42.5 Å². The standard InChI is InChI=1S/C58H90N8O11/c1-10-42-36-43-22-23-58(57(71)72,45(37-42)38-43)61-55(69)47-40-49(54-50(73-8)16-11-17-51(54)74-9)66(62-47)48-19-18-44(39-46(48)41(2)3)56(70)65(7)29-15-27-63(5)26-14-28-64(6)53(68)21-20-52(67)60-25-13-31-76-33-35-77-34-32-75-30-12-24-59-4/h11,16-19,39-43,45,59H,10,12-15,20-38H2,1-9H3,(H,60,67)(H,61,69)(H,71,72). The summed E-state index contributed by atoms with van der Waals surface area (Å²) < 4.78 is 29.9. The van der Waals surface area contributed by atoms with E-state index in [1.165, 1.54) is 0 Å². The number of amides is 4. The number of carboxylic acid groups (broad SMARTS) is 1. The molecule has 2 aliphatic rings. The molecule has 5 rings (SSSR count). The van der Waals surface area contributed by atoms with Crippen molar-refractivity contribution in [3.63, 3.8) is 0 Å². The second kappa shape index (κ2) is 31.7. The number of hydrogen-bond donors (Lipinski definition) is 4. The topological polar surface area (TPSA) is 215 Å². The van der Waals surface area contributed by atoms with Gasteiger partial charge in [0.05, 0.1) is 57.6 Å². The zero-order chi connectivity index (χ0) is 55.9. The maximum Gasteiger partial charge on any atom is 0.329 e. The molecule has 2 fully saturated rings. The molecule has 19 heteroatoms. The number of hydrogen-bond acceptors (Lipinski definition) is 13. The van der Waals surface area contributed by atoms with Crippen LogP contribution in [0.2, 0.25) is 0 Å². The van der Waals surface area contributed by atoms with Crippen LogP contribution in [-0.4, -0.2) is 186 Å². The van der Waals surface area contributed by atoms with Gasteiger partial charge in [-0.15, -0.1) is 0 Å². The summed E-state index contributed by atoms with van der Waals surface area (Å²) in [6.07, 6.45) is 8.14. The third-order valence-electron chi connectivity index (χ3n) is 15.2. The van der Waals surface area contributed by atoms with Crippen molar-refractivity contribution in [1.82, 2.24) is 40.4 Å². The summed E-state index contributed by atoms with van der Waals surface area (Å²) >= 11 is 0.